The van der Waals surface area contributed by atoms with E-state index in [0.717, 1.165) is 36.0 Å². The van der Waals surface area contributed by atoms with Crippen LogP contribution in [-0.4, -0.2) is 42.3 Å². The van der Waals surface area contributed by atoms with Gasteiger partial charge in [-0.15, -0.1) is 0 Å². The minimum Gasteiger partial charge on any atom is -0.466 e. The number of furan rings is 1. The molecule has 2 fully saturated rings. The molecule has 156 valence electrons. The summed E-state index contributed by atoms with van der Waals surface area (Å²) < 4.78 is 5.55. The molecule has 29 heavy (non-hydrogen) atoms. The second kappa shape index (κ2) is 8.05. The Morgan fingerprint density at radius 3 is 2.45 bits per heavy atom. The van der Waals surface area contributed by atoms with E-state index in [9.17, 15) is 9.59 Å². The van der Waals surface area contributed by atoms with Crippen molar-refractivity contribution in [1.29, 1.82) is 0 Å². The number of imide groups is 1. The van der Waals surface area contributed by atoms with Crippen LogP contribution in [0.1, 0.15) is 36.8 Å². The molecule has 3 aliphatic rings. The number of aryl methyl sites for hydroxylation is 2. The van der Waals surface area contributed by atoms with Gasteiger partial charge in [-0.25, -0.2) is 4.99 Å². The lowest BCUT2D eigenvalue weighted by Crippen LogP contribution is -2.40. The Hall–Kier alpha value is -2.57. The number of likely N-dealkylation sites (tertiary alicyclic amines) is 1. The van der Waals surface area contributed by atoms with E-state index in [1.165, 1.54) is 4.90 Å². The molecule has 7 heteroatoms. The molecule has 1 aromatic heterocycles. The molecule has 1 saturated carbocycles. The van der Waals surface area contributed by atoms with Crippen molar-refractivity contribution in [2.75, 3.05) is 19.6 Å². The average Bonchev–Trinajstić information content (AvgIpc) is 3.43. The fraction of sp³-hybridized carbons (Fsp3) is 0.591. The van der Waals surface area contributed by atoms with Crippen molar-refractivity contribution in [3.05, 3.63) is 35.3 Å². The van der Waals surface area contributed by atoms with Crippen LogP contribution < -0.4 is 10.6 Å². The Kier molecular flexibility index (Phi) is 5.48. The lowest BCUT2D eigenvalue weighted by atomic mass is 9.85. The summed E-state index contributed by atoms with van der Waals surface area (Å²) in [4.78, 5) is 31.5. The zero-order chi connectivity index (χ0) is 20.5. The van der Waals surface area contributed by atoms with E-state index >= 15 is 0 Å². The summed E-state index contributed by atoms with van der Waals surface area (Å²) in [5.41, 5.74) is 1.07. The third-order valence-electron chi connectivity index (χ3n) is 6.31. The van der Waals surface area contributed by atoms with E-state index in [1.807, 2.05) is 26.8 Å². The van der Waals surface area contributed by atoms with Crippen LogP contribution in [0, 0.1) is 37.5 Å². The number of carbonyl (C=O) groups is 2. The molecule has 1 aromatic rings. The van der Waals surface area contributed by atoms with Crippen LogP contribution in [0.25, 0.3) is 0 Å². The van der Waals surface area contributed by atoms with Gasteiger partial charge in [0, 0.05) is 25.2 Å². The fourth-order valence-electron chi connectivity index (χ4n) is 4.97. The Morgan fingerprint density at radius 2 is 1.86 bits per heavy atom. The van der Waals surface area contributed by atoms with Gasteiger partial charge in [-0.05, 0) is 51.5 Å². The highest BCUT2D eigenvalue weighted by Gasteiger charge is 2.58. The number of nitrogens with zero attached hydrogens (tertiary/aromatic N) is 2. The number of aliphatic imine (C=N–C) groups is 1. The number of hydrogen-bond acceptors (Lipinski definition) is 4. The SMILES string of the molecule is CCNC(=NCc1cc(C)oc1C)NCCCN1C(=O)C2C3C=CC(C3)C2C1=O. The third kappa shape index (κ3) is 3.70. The standard InChI is InChI=1S/C22H30N4O3/c1-4-23-22(25-12-17-10-13(2)29-14(17)3)24-8-5-9-26-20(27)18-15-6-7-16(11-15)19(18)21(26)28/h6-7,10,15-16,18-19H,4-5,8-9,11-12H2,1-3H3,(H2,23,24,25). The Labute approximate surface area is 171 Å². The first-order chi connectivity index (χ1) is 14.0. The quantitative estimate of drug-likeness (QED) is 0.242. The van der Waals surface area contributed by atoms with Crippen LogP contribution in [0.3, 0.4) is 0 Å². The van der Waals surface area contributed by atoms with E-state index in [0.29, 0.717) is 26.1 Å². The van der Waals surface area contributed by atoms with Crippen molar-refractivity contribution in [3.63, 3.8) is 0 Å². The van der Waals surface area contributed by atoms with Crippen molar-refractivity contribution in [2.24, 2.45) is 28.7 Å². The van der Waals surface area contributed by atoms with Crippen LogP contribution in [0.5, 0.6) is 0 Å². The number of rotatable bonds is 7. The van der Waals surface area contributed by atoms with E-state index in [4.69, 9.17) is 4.42 Å². The van der Waals surface area contributed by atoms with Gasteiger partial charge < -0.3 is 15.1 Å². The van der Waals surface area contributed by atoms with Crippen LogP contribution >= 0.6 is 0 Å². The molecule has 0 aromatic carbocycles. The van der Waals surface area contributed by atoms with Crippen LogP contribution in [0.2, 0.25) is 0 Å². The van der Waals surface area contributed by atoms with Gasteiger partial charge in [0.25, 0.3) is 0 Å². The number of amides is 2. The molecule has 2 amide bonds. The Bertz CT molecular complexity index is 826. The molecule has 2 N–H and O–H groups in total. The van der Waals surface area contributed by atoms with Crippen LogP contribution in [0.4, 0.5) is 0 Å². The fourth-order valence-corrected chi connectivity index (χ4v) is 4.97. The first kappa shape index (κ1) is 19.7. The first-order valence-electron chi connectivity index (χ1n) is 10.6. The molecular weight excluding hydrogens is 368 g/mol. The van der Waals surface area contributed by atoms with Crippen molar-refractivity contribution in [1.82, 2.24) is 15.5 Å². The highest BCUT2D eigenvalue weighted by Crippen LogP contribution is 2.52. The number of hydrogen-bond donors (Lipinski definition) is 2. The summed E-state index contributed by atoms with van der Waals surface area (Å²) in [5.74, 6) is 2.90. The second-order valence-corrected chi connectivity index (χ2v) is 8.24. The molecule has 2 aliphatic carbocycles. The van der Waals surface area contributed by atoms with Crippen molar-refractivity contribution in [2.45, 2.75) is 40.2 Å². The van der Waals surface area contributed by atoms with Gasteiger partial charge in [0.15, 0.2) is 5.96 Å². The van der Waals surface area contributed by atoms with E-state index < -0.39 is 0 Å². The summed E-state index contributed by atoms with van der Waals surface area (Å²) in [7, 11) is 0. The van der Waals surface area contributed by atoms with Gasteiger partial charge in [-0.2, -0.15) is 0 Å². The van der Waals surface area contributed by atoms with Gasteiger partial charge >= 0.3 is 0 Å². The van der Waals surface area contributed by atoms with Crippen molar-refractivity contribution >= 4 is 17.8 Å². The highest BCUT2D eigenvalue weighted by molar-refractivity contribution is 6.06. The summed E-state index contributed by atoms with van der Waals surface area (Å²) in [6.45, 7) is 8.31. The zero-order valence-electron chi connectivity index (χ0n) is 17.4. The number of allylic oxidation sites excluding steroid dienone is 2. The summed E-state index contributed by atoms with van der Waals surface area (Å²) in [6.07, 6.45) is 5.93. The summed E-state index contributed by atoms with van der Waals surface area (Å²) in [5, 5.41) is 6.53. The van der Waals surface area contributed by atoms with Crippen LogP contribution in [-0.2, 0) is 16.1 Å². The predicted octanol–water partition coefficient (Wildman–Crippen LogP) is 2.15. The number of fused-ring (bicyclic) bond motifs is 5. The van der Waals surface area contributed by atoms with Gasteiger partial charge in [0.05, 0.1) is 18.4 Å². The number of guanidine groups is 1. The minimum absolute atomic E-state index is 0.0308. The van der Waals surface area contributed by atoms with Crippen molar-refractivity contribution in [3.8, 4) is 0 Å². The molecule has 4 atom stereocenters. The maximum absolute atomic E-state index is 12.7. The lowest BCUT2D eigenvalue weighted by molar-refractivity contribution is -0.140. The topological polar surface area (TPSA) is 86.9 Å². The largest absolute Gasteiger partial charge is 0.466 e. The normalized spacial score (nSPS) is 27.8. The second-order valence-electron chi connectivity index (χ2n) is 8.24. The van der Waals surface area contributed by atoms with Gasteiger partial charge in [0.1, 0.15) is 11.5 Å². The molecule has 4 rings (SSSR count). The molecule has 1 aliphatic heterocycles. The predicted molar refractivity (Wildman–Crippen MR) is 110 cm³/mol. The van der Waals surface area contributed by atoms with Gasteiger partial charge in [-0.3, -0.25) is 14.5 Å². The average molecular weight is 399 g/mol. The first-order valence-corrected chi connectivity index (χ1v) is 10.6. The monoisotopic (exact) mass is 398 g/mol. The van der Waals surface area contributed by atoms with Gasteiger partial charge in [-0.1, -0.05) is 12.2 Å². The molecular formula is C22H30N4O3. The smallest absolute Gasteiger partial charge is 0.233 e. The Morgan fingerprint density at radius 1 is 1.17 bits per heavy atom. The molecule has 2 heterocycles. The summed E-state index contributed by atoms with van der Waals surface area (Å²) in [6, 6.07) is 2.01. The molecule has 0 spiro atoms. The van der Waals surface area contributed by atoms with E-state index in [2.05, 4.69) is 27.8 Å². The maximum atomic E-state index is 12.7. The number of carbonyl (C=O) groups excluding carboxylic acids is 2. The van der Waals surface area contributed by atoms with Gasteiger partial charge in [0.2, 0.25) is 11.8 Å². The summed E-state index contributed by atoms with van der Waals surface area (Å²) >= 11 is 0. The van der Waals surface area contributed by atoms with E-state index in [-0.39, 0.29) is 35.5 Å². The molecule has 4 unspecified atom stereocenters. The minimum atomic E-state index is -0.106. The maximum Gasteiger partial charge on any atom is 0.233 e. The molecule has 7 nitrogen and oxygen atoms in total. The number of nitrogens with one attached hydrogen (secondary N) is 2. The lowest BCUT2D eigenvalue weighted by Gasteiger charge is -2.18. The molecule has 2 bridgehead atoms. The van der Waals surface area contributed by atoms with Crippen LogP contribution in [0.15, 0.2) is 27.6 Å². The third-order valence-corrected chi connectivity index (χ3v) is 6.31. The Balaban J connectivity index is 1.27. The molecule has 0 radical (unpaired) electrons. The molecule has 1 saturated heterocycles. The van der Waals surface area contributed by atoms with E-state index in [1.54, 1.807) is 0 Å². The highest BCUT2D eigenvalue weighted by atomic mass is 16.3. The zero-order valence-corrected chi connectivity index (χ0v) is 17.4. The van der Waals surface area contributed by atoms with Crippen molar-refractivity contribution < 1.29 is 14.0 Å².